The van der Waals surface area contributed by atoms with Crippen molar-refractivity contribution in [2.24, 2.45) is 23.1 Å². The van der Waals surface area contributed by atoms with Gasteiger partial charge in [0.25, 0.3) is 0 Å². The quantitative estimate of drug-likeness (QED) is 0.476. The van der Waals surface area contributed by atoms with E-state index in [2.05, 4.69) is 6.92 Å². The zero-order chi connectivity index (χ0) is 7.98. The van der Waals surface area contributed by atoms with E-state index in [1.165, 1.54) is 0 Å². The summed E-state index contributed by atoms with van der Waals surface area (Å²) < 4.78 is 0. The Morgan fingerprint density at radius 2 is 1.90 bits per heavy atom. The first-order chi connectivity index (χ1) is 4.72. The highest BCUT2D eigenvalue weighted by molar-refractivity contribution is 4.65. The fraction of sp³-hybridized carbons (Fsp3) is 1.00. The van der Waals surface area contributed by atoms with Crippen LogP contribution in [-0.2, 0) is 0 Å². The molecule has 0 aliphatic carbocycles. The standard InChI is InChI=1S/C7H19N3/c1-2-6(7(9)10)4-3-5-8/h6-7H,2-5,8-10H2,1H3. The van der Waals surface area contributed by atoms with Crippen LogP contribution in [0.2, 0.25) is 0 Å². The van der Waals surface area contributed by atoms with Gasteiger partial charge < -0.3 is 17.2 Å². The molecule has 0 aromatic heterocycles. The van der Waals surface area contributed by atoms with Crippen LogP contribution in [0.15, 0.2) is 0 Å². The molecule has 1 atom stereocenters. The van der Waals surface area contributed by atoms with Crippen molar-refractivity contribution in [3.8, 4) is 0 Å². The van der Waals surface area contributed by atoms with Crippen LogP contribution in [0.4, 0.5) is 0 Å². The summed E-state index contributed by atoms with van der Waals surface area (Å²) in [5, 5.41) is 0. The minimum atomic E-state index is -0.170. The summed E-state index contributed by atoms with van der Waals surface area (Å²) in [6.07, 6.45) is 2.97. The second-order valence-electron chi connectivity index (χ2n) is 2.68. The Morgan fingerprint density at radius 1 is 1.30 bits per heavy atom. The van der Waals surface area contributed by atoms with Crippen LogP contribution in [0.3, 0.4) is 0 Å². The lowest BCUT2D eigenvalue weighted by molar-refractivity contribution is 0.381. The third kappa shape index (κ3) is 3.82. The van der Waals surface area contributed by atoms with Crippen molar-refractivity contribution in [2.45, 2.75) is 32.4 Å². The van der Waals surface area contributed by atoms with Crippen molar-refractivity contribution in [3.05, 3.63) is 0 Å². The SMILES string of the molecule is CCC(CCCN)C(N)N. The van der Waals surface area contributed by atoms with Crippen LogP contribution in [0.1, 0.15) is 26.2 Å². The number of rotatable bonds is 5. The average molecular weight is 145 g/mol. The third-order valence-electron chi connectivity index (χ3n) is 1.85. The highest BCUT2D eigenvalue weighted by Gasteiger charge is 2.09. The minimum Gasteiger partial charge on any atom is -0.330 e. The Kier molecular flexibility index (Phi) is 5.58. The van der Waals surface area contributed by atoms with Crippen LogP contribution >= 0.6 is 0 Å². The van der Waals surface area contributed by atoms with Crippen molar-refractivity contribution in [2.75, 3.05) is 6.54 Å². The molecule has 62 valence electrons. The lowest BCUT2D eigenvalue weighted by Gasteiger charge is -2.17. The molecule has 0 radical (unpaired) electrons. The molecular formula is C7H19N3. The number of hydrogen-bond acceptors (Lipinski definition) is 3. The molecule has 0 fully saturated rings. The van der Waals surface area contributed by atoms with Crippen LogP contribution in [0.25, 0.3) is 0 Å². The fourth-order valence-electron chi connectivity index (χ4n) is 1.05. The molecule has 0 rings (SSSR count). The molecule has 1 unspecified atom stereocenters. The van der Waals surface area contributed by atoms with Gasteiger partial charge >= 0.3 is 0 Å². The van der Waals surface area contributed by atoms with Gasteiger partial charge in [-0.15, -0.1) is 0 Å². The molecule has 0 saturated heterocycles. The molecule has 0 heterocycles. The van der Waals surface area contributed by atoms with E-state index in [0.29, 0.717) is 5.92 Å². The molecule has 10 heavy (non-hydrogen) atoms. The van der Waals surface area contributed by atoms with Gasteiger partial charge in [-0.1, -0.05) is 13.3 Å². The molecule has 0 aromatic carbocycles. The summed E-state index contributed by atoms with van der Waals surface area (Å²) >= 11 is 0. The van der Waals surface area contributed by atoms with Crippen LogP contribution in [0, 0.1) is 5.92 Å². The molecule has 0 aliphatic rings. The van der Waals surface area contributed by atoms with Gasteiger partial charge in [0.2, 0.25) is 0 Å². The van der Waals surface area contributed by atoms with Crippen molar-refractivity contribution in [1.82, 2.24) is 0 Å². The van der Waals surface area contributed by atoms with Crippen molar-refractivity contribution < 1.29 is 0 Å². The van der Waals surface area contributed by atoms with Gasteiger partial charge in [0, 0.05) is 0 Å². The molecule has 3 nitrogen and oxygen atoms in total. The average Bonchev–Trinajstić information content (AvgIpc) is 1.89. The summed E-state index contributed by atoms with van der Waals surface area (Å²) in [5.41, 5.74) is 16.4. The smallest absolute Gasteiger partial charge is 0.0549 e. The zero-order valence-corrected chi connectivity index (χ0v) is 6.72. The molecular weight excluding hydrogens is 126 g/mol. The van der Waals surface area contributed by atoms with E-state index in [1.807, 2.05) is 0 Å². The monoisotopic (exact) mass is 145 g/mol. The van der Waals surface area contributed by atoms with E-state index in [-0.39, 0.29) is 6.17 Å². The Labute approximate surface area is 62.9 Å². The van der Waals surface area contributed by atoms with Gasteiger partial charge in [-0.05, 0) is 25.3 Å². The largest absolute Gasteiger partial charge is 0.330 e. The van der Waals surface area contributed by atoms with Crippen LogP contribution in [-0.4, -0.2) is 12.7 Å². The molecule has 3 heteroatoms. The van der Waals surface area contributed by atoms with Gasteiger partial charge in [0.1, 0.15) is 0 Å². The van der Waals surface area contributed by atoms with Crippen molar-refractivity contribution >= 4 is 0 Å². The Bertz CT molecular complexity index is 73.3. The van der Waals surface area contributed by atoms with E-state index in [0.717, 1.165) is 25.8 Å². The Morgan fingerprint density at radius 3 is 2.20 bits per heavy atom. The molecule has 0 bridgehead atoms. The van der Waals surface area contributed by atoms with E-state index < -0.39 is 0 Å². The third-order valence-corrected chi connectivity index (χ3v) is 1.85. The summed E-state index contributed by atoms with van der Waals surface area (Å²) in [5.74, 6) is 0.448. The van der Waals surface area contributed by atoms with Gasteiger partial charge in [0.15, 0.2) is 0 Å². The predicted molar refractivity (Wildman–Crippen MR) is 44.2 cm³/mol. The van der Waals surface area contributed by atoms with E-state index >= 15 is 0 Å². The second kappa shape index (κ2) is 5.65. The summed E-state index contributed by atoms with van der Waals surface area (Å²) in [6, 6.07) is 0. The minimum absolute atomic E-state index is 0.170. The first-order valence-corrected chi connectivity index (χ1v) is 3.93. The topological polar surface area (TPSA) is 78.1 Å². The van der Waals surface area contributed by atoms with Gasteiger partial charge in [-0.3, -0.25) is 0 Å². The normalized spacial score (nSPS) is 14.1. The molecule has 0 amide bonds. The number of nitrogens with two attached hydrogens (primary N) is 3. The summed E-state index contributed by atoms with van der Waals surface area (Å²) in [7, 11) is 0. The maximum Gasteiger partial charge on any atom is 0.0549 e. The molecule has 6 N–H and O–H groups in total. The maximum absolute atomic E-state index is 5.52. The lowest BCUT2D eigenvalue weighted by Crippen LogP contribution is -2.38. The van der Waals surface area contributed by atoms with Crippen LogP contribution < -0.4 is 17.2 Å². The van der Waals surface area contributed by atoms with E-state index in [4.69, 9.17) is 17.2 Å². The lowest BCUT2D eigenvalue weighted by atomic mass is 9.98. The first kappa shape index (κ1) is 9.88. The predicted octanol–water partition coefficient (Wildman–Crippen LogP) is -0.00500. The summed E-state index contributed by atoms with van der Waals surface area (Å²) in [6.45, 7) is 2.84. The molecule has 0 spiro atoms. The molecule has 0 aliphatic heterocycles. The fourth-order valence-corrected chi connectivity index (χ4v) is 1.05. The number of hydrogen-bond donors (Lipinski definition) is 3. The van der Waals surface area contributed by atoms with Gasteiger partial charge in [-0.2, -0.15) is 0 Å². The van der Waals surface area contributed by atoms with Gasteiger partial charge in [0.05, 0.1) is 6.17 Å². The molecule has 0 saturated carbocycles. The van der Waals surface area contributed by atoms with E-state index in [1.54, 1.807) is 0 Å². The van der Waals surface area contributed by atoms with Crippen molar-refractivity contribution in [3.63, 3.8) is 0 Å². The second-order valence-corrected chi connectivity index (χ2v) is 2.68. The highest BCUT2D eigenvalue weighted by Crippen LogP contribution is 2.10. The molecule has 0 aromatic rings. The maximum atomic E-state index is 5.52. The van der Waals surface area contributed by atoms with Gasteiger partial charge in [-0.25, -0.2) is 0 Å². The first-order valence-electron chi connectivity index (χ1n) is 3.93. The summed E-state index contributed by atoms with van der Waals surface area (Å²) in [4.78, 5) is 0. The van der Waals surface area contributed by atoms with Crippen molar-refractivity contribution in [1.29, 1.82) is 0 Å². The Balaban J connectivity index is 3.40. The Hall–Kier alpha value is -0.120. The zero-order valence-electron chi connectivity index (χ0n) is 6.72. The van der Waals surface area contributed by atoms with E-state index in [9.17, 15) is 0 Å². The van der Waals surface area contributed by atoms with Crippen LogP contribution in [0.5, 0.6) is 0 Å². The highest BCUT2D eigenvalue weighted by atomic mass is 14.9.